The number of benzene rings is 4. The maximum Gasteiger partial charge on any atom is 0.264 e. The summed E-state index contributed by atoms with van der Waals surface area (Å²) in [6.07, 6.45) is 0.218. The molecule has 0 heterocycles. The van der Waals surface area contributed by atoms with Crippen molar-refractivity contribution in [2.75, 3.05) is 17.4 Å². The number of nitrogens with zero attached hydrogens (tertiary/aromatic N) is 2. The number of hydrogen-bond donors (Lipinski definition) is 1. The van der Waals surface area contributed by atoms with E-state index in [2.05, 4.69) is 5.32 Å². The highest BCUT2D eigenvalue weighted by Gasteiger charge is 2.34. The van der Waals surface area contributed by atoms with Crippen molar-refractivity contribution in [1.29, 1.82) is 0 Å². The van der Waals surface area contributed by atoms with Crippen molar-refractivity contribution >= 4 is 50.7 Å². The Morgan fingerprint density at radius 2 is 1.40 bits per heavy atom. The molecule has 4 aromatic carbocycles. The molecule has 1 atom stereocenters. The van der Waals surface area contributed by atoms with Crippen LogP contribution in [0.4, 0.5) is 5.69 Å². The lowest BCUT2D eigenvalue weighted by atomic mass is 10.0. The van der Waals surface area contributed by atoms with Gasteiger partial charge in [0.25, 0.3) is 10.0 Å². The van der Waals surface area contributed by atoms with Crippen LogP contribution in [0.25, 0.3) is 0 Å². The van der Waals surface area contributed by atoms with Gasteiger partial charge in [-0.1, -0.05) is 89.9 Å². The number of anilines is 1. The molecule has 2 amide bonds. The maximum absolute atomic E-state index is 14.3. The van der Waals surface area contributed by atoms with Crippen LogP contribution in [0, 0.1) is 0 Å². The number of rotatable bonds is 12. The number of amides is 2. The van der Waals surface area contributed by atoms with Gasteiger partial charge in [-0.15, -0.1) is 0 Å². The lowest BCUT2D eigenvalue weighted by molar-refractivity contribution is -0.140. The second-order valence-electron chi connectivity index (χ2n) is 9.51. The fourth-order valence-electron chi connectivity index (χ4n) is 4.51. The van der Waals surface area contributed by atoms with Gasteiger partial charge < -0.3 is 10.2 Å². The fourth-order valence-corrected chi connectivity index (χ4v) is 6.27. The molecule has 218 valence electrons. The van der Waals surface area contributed by atoms with Crippen molar-refractivity contribution < 1.29 is 18.0 Å². The van der Waals surface area contributed by atoms with E-state index < -0.39 is 28.5 Å². The summed E-state index contributed by atoms with van der Waals surface area (Å²) in [5.74, 6) is -0.928. The molecule has 0 unspecified atom stereocenters. The van der Waals surface area contributed by atoms with Crippen molar-refractivity contribution in [1.82, 2.24) is 10.2 Å². The first-order chi connectivity index (χ1) is 20.2. The Kier molecular flexibility index (Phi) is 10.6. The van der Waals surface area contributed by atoms with Crippen LogP contribution in [0.15, 0.2) is 114 Å². The molecule has 0 radical (unpaired) electrons. The lowest BCUT2D eigenvalue weighted by Gasteiger charge is -2.34. The van der Waals surface area contributed by atoms with Crippen molar-refractivity contribution in [3.05, 3.63) is 130 Å². The number of hydrogen-bond acceptors (Lipinski definition) is 4. The minimum absolute atomic E-state index is 0.00696. The molecule has 4 aromatic rings. The van der Waals surface area contributed by atoms with E-state index in [0.717, 1.165) is 9.87 Å². The average molecular weight is 625 g/mol. The molecular formula is C32H31Cl2N3O4S. The Labute approximate surface area is 256 Å². The normalized spacial score (nSPS) is 11.9. The van der Waals surface area contributed by atoms with Gasteiger partial charge in [-0.3, -0.25) is 13.9 Å². The number of halogens is 2. The molecule has 0 bridgehead atoms. The molecule has 1 N–H and O–H groups in total. The van der Waals surface area contributed by atoms with Gasteiger partial charge in [0.2, 0.25) is 11.8 Å². The summed E-state index contributed by atoms with van der Waals surface area (Å²) in [6, 6.07) is 29.5. The van der Waals surface area contributed by atoms with Gasteiger partial charge in [0.05, 0.1) is 10.6 Å². The van der Waals surface area contributed by atoms with Gasteiger partial charge >= 0.3 is 0 Å². The van der Waals surface area contributed by atoms with Crippen LogP contribution in [-0.4, -0.2) is 44.3 Å². The molecule has 0 aliphatic heterocycles. The Bertz CT molecular complexity index is 1600. The van der Waals surface area contributed by atoms with Crippen LogP contribution < -0.4 is 9.62 Å². The summed E-state index contributed by atoms with van der Waals surface area (Å²) in [6.45, 7) is 1.59. The average Bonchev–Trinajstić information content (AvgIpc) is 3.00. The van der Waals surface area contributed by atoms with Gasteiger partial charge in [0, 0.05) is 29.6 Å². The maximum atomic E-state index is 14.3. The molecule has 0 saturated carbocycles. The minimum Gasteiger partial charge on any atom is -0.355 e. The van der Waals surface area contributed by atoms with Gasteiger partial charge in [0.1, 0.15) is 12.6 Å². The predicted molar refractivity (Wildman–Crippen MR) is 167 cm³/mol. The van der Waals surface area contributed by atoms with Crippen LogP contribution in [0.5, 0.6) is 0 Å². The van der Waals surface area contributed by atoms with Crippen LogP contribution >= 0.6 is 23.2 Å². The molecule has 0 aliphatic rings. The highest BCUT2D eigenvalue weighted by atomic mass is 35.5. The largest absolute Gasteiger partial charge is 0.355 e. The molecule has 0 saturated heterocycles. The lowest BCUT2D eigenvalue weighted by Crippen LogP contribution is -2.53. The fraction of sp³-hybridized carbons (Fsp3) is 0.188. The summed E-state index contributed by atoms with van der Waals surface area (Å²) >= 11 is 12.6. The van der Waals surface area contributed by atoms with Crippen LogP contribution in [0.2, 0.25) is 10.0 Å². The second kappa shape index (κ2) is 14.4. The van der Waals surface area contributed by atoms with Crippen LogP contribution in [0.3, 0.4) is 0 Å². The van der Waals surface area contributed by atoms with Crippen molar-refractivity contribution in [3.63, 3.8) is 0 Å². The third-order valence-corrected chi connectivity index (χ3v) is 9.05. The smallest absolute Gasteiger partial charge is 0.264 e. The van der Waals surface area contributed by atoms with E-state index in [1.54, 1.807) is 73.7 Å². The zero-order valence-corrected chi connectivity index (χ0v) is 25.3. The summed E-state index contributed by atoms with van der Waals surface area (Å²) in [4.78, 5) is 29.2. The van der Waals surface area contributed by atoms with Gasteiger partial charge in [-0.25, -0.2) is 8.42 Å². The highest BCUT2D eigenvalue weighted by molar-refractivity contribution is 7.92. The Morgan fingerprint density at radius 1 is 0.810 bits per heavy atom. The van der Waals surface area contributed by atoms with E-state index >= 15 is 0 Å². The molecule has 0 fully saturated rings. The Morgan fingerprint density at radius 3 is 2.02 bits per heavy atom. The molecule has 0 aromatic heterocycles. The highest BCUT2D eigenvalue weighted by Crippen LogP contribution is 2.27. The number of sulfonamides is 1. The number of likely N-dealkylation sites (N-methyl/N-ethyl adjacent to an activating group) is 1. The molecule has 42 heavy (non-hydrogen) atoms. The van der Waals surface area contributed by atoms with E-state index in [4.69, 9.17) is 23.2 Å². The van der Waals surface area contributed by atoms with E-state index in [9.17, 15) is 18.0 Å². The summed E-state index contributed by atoms with van der Waals surface area (Å²) < 4.78 is 28.9. The number of carbonyl (C=O) groups is 2. The summed E-state index contributed by atoms with van der Waals surface area (Å²) in [7, 11) is -4.18. The third kappa shape index (κ3) is 7.70. The molecular weight excluding hydrogens is 593 g/mol. The van der Waals surface area contributed by atoms with E-state index in [1.165, 1.54) is 17.0 Å². The van der Waals surface area contributed by atoms with Crippen molar-refractivity contribution in [2.24, 2.45) is 0 Å². The molecule has 0 spiro atoms. The minimum atomic E-state index is -4.18. The second-order valence-corrected chi connectivity index (χ2v) is 12.2. The van der Waals surface area contributed by atoms with E-state index in [1.807, 2.05) is 30.3 Å². The quantitative estimate of drug-likeness (QED) is 0.211. The van der Waals surface area contributed by atoms with Crippen molar-refractivity contribution in [3.8, 4) is 0 Å². The molecule has 4 rings (SSSR count). The monoisotopic (exact) mass is 623 g/mol. The number of nitrogens with one attached hydrogen (secondary N) is 1. The molecule has 10 heteroatoms. The first-order valence-corrected chi connectivity index (χ1v) is 15.6. The predicted octanol–water partition coefficient (Wildman–Crippen LogP) is 5.96. The number of carbonyl (C=O) groups excluding carboxylic acids is 2. The standard InChI is InChI=1S/C32H31Cl2N3O4S/c1-2-35-32(39)30(21-24-11-5-3-6-12-24)36(22-25-13-9-10-16-29(25)34)31(38)23-37(27-19-17-26(33)18-20-27)42(40,41)28-14-7-4-8-15-28/h3-20,30H,2,21-23H2,1H3,(H,35,39)/t30-/m0/s1. The van der Waals surface area contributed by atoms with Gasteiger partial charge in [0.15, 0.2) is 0 Å². The Balaban J connectivity index is 1.79. The van der Waals surface area contributed by atoms with Crippen molar-refractivity contribution in [2.45, 2.75) is 30.8 Å². The zero-order chi connectivity index (χ0) is 30.1. The van der Waals surface area contributed by atoms with Gasteiger partial charge in [-0.05, 0) is 60.5 Å². The van der Waals surface area contributed by atoms with E-state index in [-0.39, 0.29) is 29.5 Å². The van der Waals surface area contributed by atoms with Crippen LogP contribution in [0.1, 0.15) is 18.1 Å². The topological polar surface area (TPSA) is 86.8 Å². The third-order valence-electron chi connectivity index (χ3n) is 6.65. The first kappa shape index (κ1) is 31.1. The van der Waals surface area contributed by atoms with Gasteiger partial charge in [-0.2, -0.15) is 0 Å². The summed E-state index contributed by atoms with van der Waals surface area (Å²) in [5, 5.41) is 3.68. The first-order valence-electron chi connectivity index (χ1n) is 13.4. The zero-order valence-electron chi connectivity index (χ0n) is 23.0. The SMILES string of the molecule is CCNC(=O)[C@H](Cc1ccccc1)N(Cc1ccccc1Cl)C(=O)CN(c1ccc(Cl)cc1)S(=O)(=O)c1ccccc1. The van der Waals surface area contributed by atoms with E-state index in [0.29, 0.717) is 22.2 Å². The molecule has 0 aliphatic carbocycles. The molecule has 7 nitrogen and oxygen atoms in total. The Hall–Kier alpha value is -3.85. The van der Waals surface area contributed by atoms with Crippen LogP contribution in [-0.2, 0) is 32.6 Å². The summed E-state index contributed by atoms with van der Waals surface area (Å²) in [5.41, 5.74) is 1.72.